The lowest BCUT2D eigenvalue weighted by Gasteiger charge is -1.93. The first-order chi connectivity index (χ1) is 6.65. The maximum absolute atomic E-state index is 5.73. The molecule has 2 aromatic heterocycles. The molecule has 0 bridgehead atoms. The predicted molar refractivity (Wildman–Crippen MR) is 49.5 cm³/mol. The van der Waals surface area contributed by atoms with Crippen molar-refractivity contribution in [2.24, 2.45) is 7.05 Å². The van der Waals surface area contributed by atoms with Crippen molar-refractivity contribution in [1.82, 2.24) is 30.0 Å². The van der Waals surface area contributed by atoms with Crippen LogP contribution in [0.4, 0.5) is 5.82 Å². The summed E-state index contributed by atoms with van der Waals surface area (Å²) in [5, 5.41) is 15.9. The second kappa shape index (κ2) is 3.26. The average Bonchev–Trinajstić information content (AvgIpc) is 2.62. The third-order valence-corrected chi connectivity index (χ3v) is 1.89. The van der Waals surface area contributed by atoms with E-state index in [1.54, 1.807) is 17.9 Å². The van der Waals surface area contributed by atoms with Gasteiger partial charge in [-0.25, -0.2) is 0 Å². The van der Waals surface area contributed by atoms with Gasteiger partial charge in [-0.2, -0.15) is 9.90 Å². The lowest BCUT2D eigenvalue weighted by molar-refractivity contribution is 0.618. The molecule has 0 aromatic carbocycles. The molecule has 0 saturated carbocycles. The Morgan fingerprint density at radius 2 is 2.29 bits per heavy atom. The summed E-state index contributed by atoms with van der Waals surface area (Å²) in [4.78, 5) is 1.38. The smallest absolute Gasteiger partial charge is 0.196 e. The van der Waals surface area contributed by atoms with E-state index in [4.69, 9.17) is 17.3 Å². The molecule has 0 amide bonds. The second-order valence-corrected chi connectivity index (χ2v) is 3.16. The SMILES string of the molecule is Cn1nnc(Cn2cc(Cl)c(N)n2)n1. The van der Waals surface area contributed by atoms with Gasteiger partial charge < -0.3 is 5.73 Å². The number of aromatic nitrogens is 6. The fourth-order valence-corrected chi connectivity index (χ4v) is 1.17. The van der Waals surface area contributed by atoms with Gasteiger partial charge in [-0.05, 0) is 5.21 Å². The molecule has 2 N–H and O–H groups in total. The summed E-state index contributed by atoms with van der Waals surface area (Å²) in [5.41, 5.74) is 5.47. The van der Waals surface area contributed by atoms with Gasteiger partial charge >= 0.3 is 0 Å². The maximum atomic E-state index is 5.73. The number of anilines is 1. The van der Waals surface area contributed by atoms with Crippen LogP contribution >= 0.6 is 11.6 Å². The number of nitrogens with two attached hydrogens (primary N) is 1. The van der Waals surface area contributed by atoms with Crippen LogP contribution in [0.25, 0.3) is 0 Å². The van der Waals surface area contributed by atoms with E-state index in [9.17, 15) is 0 Å². The molecule has 2 heterocycles. The molecule has 0 atom stereocenters. The van der Waals surface area contributed by atoms with Crippen LogP contribution in [0.1, 0.15) is 5.82 Å². The largest absolute Gasteiger partial charge is 0.381 e. The van der Waals surface area contributed by atoms with Gasteiger partial charge in [0.2, 0.25) is 0 Å². The maximum Gasteiger partial charge on any atom is 0.196 e. The van der Waals surface area contributed by atoms with Crippen molar-refractivity contribution in [3.8, 4) is 0 Å². The average molecular weight is 214 g/mol. The van der Waals surface area contributed by atoms with Crippen LogP contribution in [0.15, 0.2) is 6.20 Å². The first-order valence-corrected chi connectivity index (χ1v) is 4.24. The first kappa shape index (κ1) is 8.95. The van der Waals surface area contributed by atoms with Gasteiger partial charge in [0.25, 0.3) is 0 Å². The Hall–Kier alpha value is -1.63. The number of tetrazole rings is 1. The number of halogens is 1. The van der Waals surface area contributed by atoms with Crippen LogP contribution in [-0.4, -0.2) is 30.0 Å². The number of nitrogen functional groups attached to an aromatic ring is 1. The Balaban J connectivity index is 2.18. The molecule has 0 radical (unpaired) electrons. The summed E-state index contributed by atoms with van der Waals surface area (Å²) in [6.07, 6.45) is 1.62. The molecule has 0 fully saturated rings. The molecule has 0 aliphatic heterocycles. The predicted octanol–water partition coefficient (Wildman–Crippen LogP) is -0.310. The second-order valence-electron chi connectivity index (χ2n) is 2.75. The Labute approximate surface area is 84.5 Å². The number of nitrogens with zero attached hydrogens (tertiary/aromatic N) is 6. The fourth-order valence-electron chi connectivity index (χ4n) is 1.02. The van der Waals surface area contributed by atoms with Gasteiger partial charge in [0.1, 0.15) is 11.6 Å². The van der Waals surface area contributed by atoms with Crippen molar-refractivity contribution >= 4 is 17.4 Å². The summed E-state index contributed by atoms with van der Waals surface area (Å²) < 4.78 is 1.56. The minimum absolute atomic E-state index is 0.301. The highest BCUT2D eigenvalue weighted by Gasteiger charge is 2.06. The van der Waals surface area contributed by atoms with Crippen LogP contribution in [0, 0.1) is 0 Å². The summed E-state index contributed by atoms with van der Waals surface area (Å²) in [6, 6.07) is 0. The first-order valence-electron chi connectivity index (χ1n) is 3.86. The third-order valence-electron chi connectivity index (χ3n) is 1.60. The highest BCUT2D eigenvalue weighted by atomic mass is 35.5. The van der Waals surface area contributed by atoms with E-state index in [-0.39, 0.29) is 0 Å². The van der Waals surface area contributed by atoms with Crippen LogP contribution < -0.4 is 5.73 Å². The van der Waals surface area contributed by atoms with Gasteiger partial charge in [-0.15, -0.1) is 10.2 Å². The summed E-state index contributed by atoms with van der Waals surface area (Å²) in [5.74, 6) is 0.863. The fraction of sp³-hybridized carbons (Fsp3) is 0.333. The lowest BCUT2D eigenvalue weighted by Crippen LogP contribution is -2.03. The molecule has 0 spiro atoms. The Bertz CT molecular complexity index is 425. The van der Waals surface area contributed by atoms with Crippen molar-refractivity contribution < 1.29 is 0 Å². The molecule has 2 aromatic rings. The zero-order chi connectivity index (χ0) is 10.1. The monoisotopic (exact) mass is 213 g/mol. The molecule has 7 nitrogen and oxygen atoms in total. The van der Waals surface area contributed by atoms with E-state index in [1.807, 2.05) is 0 Å². The van der Waals surface area contributed by atoms with Crippen LogP contribution in [0.5, 0.6) is 0 Å². The molecule has 2 rings (SSSR count). The highest BCUT2D eigenvalue weighted by Crippen LogP contribution is 2.15. The lowest BCUT2D eigenvalue weighted by atomic mass is 10.6. The minimum atomic E-state index is 0.301. The molecule has 14 heavy (non-hydrogen) atoms. The Kier molecular flexibility index (Phi) is 2.08. The topological polar surface area (TPSA) is 87.4 Å². The summed E-state index contributed by atoms with van der Waals surface area (Å²) >= 11 is 5.73. The minimum Gasteiger partial charge on any atom is -0.381 e. The van der Waals surface area contributed by atoms with E-state index >= 15 is 0 Å². The van der Waals surface area contributed by atoms with Crippen molar-refractivity contribution in [3.63, 3.8) is 0 Å². The molecule has 0 aliphatic carbocycles. The van der Waals surface area contributed by atoms with E-state index < -0.39 is 0 Å². The highest BCUT2D eigenvalue weighted by molar-refractivity contribution is 6.32. The summed E-state index contributed by atoms with van der Waals surface area (Å²) in [7, 11) is 1.70. The van der Waals surface area contributed by atoms with Gasteiger partial charge in [0.15, 0.2) is 11.6 Å². The third kappa shape index (κ3) is 1.67. The molecule has 0 unspecified atom stereocenters. The van der Waals surface area contributed by atoms with Crippen LogP contribution in [-0.2, 0) is 13.6 Å². The number of aryl methyl sites for hydroxylation is 1. The molecule has 0 saturated heterocycles. The number of hydrogen-bond donors (Lipinski definition) is 1. The Morgan fingerprint density at radius 1 is 1.50 bits per heavy atom. The quantitative estimate of drug-likeness (QED) is 0.740. The molecule has 0 aliphatic rings. The van der Waals surface area contributed by atoms with Crippen LogP contribution in [0.3, 0.4) is 0 Å². The van der Waals surface area contributed by atoms with Crippen molar-refractivity contribution in [2.45, 2.75) is 6.54 Å². The normalized spacial score (nSPS) is 10.7. The van der Waals surface area contributed by atoms with E-state index in [0.29, 0.717) is 23.2 Å². The molecule has 8 heteroatoms. The van der Waals surface area contributed by atoms with Gasteiger partial charge in [-0.1, -0.05) is 11.6 Å². The summed E-state index contributed by atoms with van der Waals surface area (Å²) in [6.45, 7) is 0.408. The van der Waals surface area contributed by atoms with Crippen molar-refractivity contribution in [1.29, 1.82) is 0 Å². The van der Waals surface area contributed by atoms with E-state index in [2.05, 4.69) is 20.5 Å². The van der Waals surface area contributed by atoms with Crippen LogP contribution in [0.2, 0.25) is 5.02 Å². The van der Waals surface area contributed by atoms with Crippen molar-refractivity contribution in [2.75, 3.05) is 5.73 Å². The van der Waals surface area contributed by atoms with E-state index in [1.165, 1.54) is 4.80 Å². The standard InChI is InChI=1S/C6H8ClN7/c1-13-10-5(9-12-13)3-14-2-4(7)6(8)11-14/h2H,3H2,1H3,(H2,8,11). The van der Waals surface area contributed by atoms with Gasteiger partial charge in [0, 0.05) is 6.20 Å². The van der Waals surface area contributed by atoms with Crippen molar-refractivity contribution in [3.05, 3.63) is 17.0 Å². The van der Waals surface area contributed by atoms with Gasteiger partial charge in [0.05, 0.1) is 7.05 Å². The van der Waals surface area contributed by atoms with E-state index in [0.717, 1.165) is 0 Å². The Morgan fingerprint density at radius 3 is 2.79 bits per heavy atom. The van der Waals surface area contributed by atoms with Gasteiger partial charge in [-0.3, -0.25) is 4.68 Å². The molecule has 74 valence electrons. The zero-order valence-electron chi connectivity index (χ0n) is 7.42. The number of hydrogen-bond acceptors (Lipinski definition) is 5. The zero-order valence-corrected chi connectivity index (χ0v) is 8.18. The molecular formula is C6H8ClN7. The molecular weight excluding hydrogens is 206 g/mol. The number of rotatable bonds is 2.